The normalized spacial score (nSPS) is 29.5. The topological polar surface area (TPSA) is 18.5 Å². The van der Waals surface area contributed by atoms with Crippen molar-refractivity contribution in [2.75, 3.05) is 20.0 Å². The van der Waals surface area contributed by atoms with Crippen molar-refractivity contribution >= 4 is 30.7 Å². The summed E-state index contributed by atoms with van der Waals surface area (Å²) in [5, 5.41) is 0. The average Bonchev–Trinajstić information content (AvgIpc) is 2.27. The van der Waals surface area contributed by atoms with Crippen molar-refractivity contribution < 1.29 is 13.9 Å². The summed E-state index contributed by atoms with van der Waals surface area (Å²) < 4.78 is 24.6. The van der Waals surface area contributed by atoms with Gasteiger partial charge in [0.05, 0.1) is 6.61 Å². The van der Waals surface area contributed by atoms with Crippen molar-refractivity contribution in [2.45, 2.75) is 55.0 Å². The van der Waals surface area contributed by atoms with E-state index < -0.39 is 14.2 Å². The number of rotatable bonds is 7. The predicted molar refractivity (Wildman–Crippen MR) is 85.0 cm³/mol. The highest BCUT2D eigenvalue weighted by molar-refractivity contribution is 14.1. The molecule has 0 aromatic heterocycles. The third-order valence-corrected chi connectivity index (χ3v) is 6.85. The molecule has 0 unspecified atom stereocenters. The molecule has 0 N–H and O–H groups in total. The highest BCUT2D eigenvalue weighted by atomic mass is 127. The average molecular weight is 388 g/mol. The zero-order valence-electron chi connectivity index (χ0n) is 11.8. The maximum absolute atomic E-state index is 13.5. The summed E-state index contributed by atoms with van der Waals surface area (Å²) in [6.07, 6.45) is 2.14. The number of alkyl halides is 2. The summed E-state index contributed by atoms with van der Waals surface area (Å²) in [6.45, 7) is 8.80. The van der Waals surface area contributed by atoms with Gasteiger partial charge in [0.15, 0.2) is 0 Å². The third kappa shape index (κ3) is 6.82. The first-order valence-electron chi connectivity index (χ1n) is 6.84. The molecule has 0 radical (unpaired) electrons. The van der Waals surface area contributed by atoms with E-state index in [1.807, 2.05) is 0 Å². The lowest BCUT2D eigenvalue weighted by atomic mass is 9.88. The Balaban J connectivity index is 2.04. The first-order valence-corrected chi connectivity index (χ1v) is 11.8. The molecule has 1 aliphatic carbocycles. The summed E-state index contributed by atoms with van der Waals surface area (Å²) in [5.41, 5.74) is 0. The molecule has 0 aromatic carbocycles. The molecule has 0 amide bonds. The summed E-state index contributed by atoms with van der Waals surface area (Å²) in [6, 6.07) is 1.17. The van der Waals surface area contributed by atoms with Crippen LogP contribution in [0.1, 0.15) is 19.3 Å². The minimum Gasteiger partial charge on any atom is -0.356 e. The SMILES string of the molecule is C[Si](C)(C)CCOCOC[C@H]1CCC[C@H](F)[C@H]1I. The Morgan fingerprint density at radius 3 is 2.61 bits per heavy atom. The molecule has 5 heteroatoms. The molecular formula is C13H26FIO2Si. The van der Waals surface area contributed by atoms with Gasteiger partial charge in [-0.25, -0.2) is 4.39 Å². The van der Waals surface area contributed by atoms with Gasteiger partial charge in [0, 0.05) is 18.6 Å². The van der Waals surface area contributed by atoms with Crippen LogP contribution < -0.4 is 0 Å². The van der Waals surface area contributed by atoms with Crippen LogP contribution in [0.4, 0.5) is 4.39 Å². The Bertz CT molecular complexity index is 236. The van der Waals surface area contributed by atoms with Crippen LogP contribution in [-0.2, 0) is 9.47 Å². The second-order valence-electron chi connectivity index (χ2n) is 6.36. The summed E-state index contributed by atoms with van der Waals surface area (Å²) >= 11 is 2.23. The minimum absolute atomic E-state index is 0.110. The highest BCUT2D eigenvalue weighted by Crippen LogP contribution is 2.32. The van der Waals surface area contributed by atoms with Crippen LogP contribution in [0.15, 0.2) is 0 Å². The number of halogens is 2. The molecule has 1 aliphatic rings. The van der Waals surface area contributed by atoms with Gasteiger partial charge >= 0.3 is 0 Å². The molecule has 0 aliphatic heterocycles. The Morgan fingerprint density at radius 1 is 1.22 bits per heavy atom. The molecule has 0 spiro atoms. The quantitative estimate of drug-likeness (QED) is 0.213. The number of hydrogen-bond donors (Lipinski definition) is 0. The van der Waals surface area contributed by atoms with Gasteiger partial charge in [-0.2, -0.15) is 0 Å². The van der Waals surface area contributed by atoms with Crippen LogP contribution in [0.2, 0.25) is 25.7 Å². The molecule has 18 heavy (non-hydrogen) atoms. The van der Waals surface area contributed by atoms with Crippen molar-refractivity contribution in [1.29, 1.82) is 0 Å². The number of ether oxygens (including phenoxy) is 2. The monoisotopic (exact) mass is 388 g/mol. The maximum atomic E-state index is 13.5. The van der Waals surface area contributed by atoms with E-state index in [0.29, 0.717) is 19.3 Å². The Hall–Kier alpha value is 0.797. The lowest BCUT2D eigenvalue weighted by Gasteiger charge is -2.30. The maximum Gasteiger partial charge on any atom is 0.146 e. The van der Waals surface area contributed by atoms with E-state index in [0.717, 1.165) is 25.9 Å². The Labute approximate surface area is 125 Å². The zero-order valence-corrected chi connectivity index (χ0v) is 14.9. The van der Waals surface area contributed by atoms with E-state index in [1.165, 1.54) is 6.04 Å². The van der Waals surface area contributed by atoms with Crippen LogP contribution in [-0.4, -0.2) is 38.2 Å². The third-order valence-electron chi connectivity index (χ3n) is 3.35. The fraction of sp³-hybridized carbons (Fsp3) is 1.00. The van der Waals surface area contributed by atoms with Gasteiger partial charge in [-0.3, -0.25) is 0 Å². The van der Waals surface area contributed by atoms with Crippen LogP contribution in [0, 0.1) is 5.92 Å². The number of hydrogen-bond acceptors (Lipinski definition) is 2. The molecular weight excluding hydrogens is 362 g/mol. The molecule has 0 bridgehead atoms. The van der Waals surface area contributed by atoms with E-state index >= 15 is 0 Å². The molecule has 1 fully saturated rings. The first-order chi connectivity index (χ1) is 8.40. The molecule has 108 valence electrons. The van der Waals surface area contributed by atoms with Crippen LogP contribution >= 0.6 is 22.6 Å². The van der Waals surface area contributed by atoms with E-state index in [-0.39, 0.29) is 3.92 Å². The smallest absolute Gasteiger partial charge is 0.146 e. The van der Waals surface area contributed by atoms with Crippen molar-refractivity contribution in [3.05, 3.63) is 0 Å². The van der Waals surface area contributed by atoms with Gasteiger partial charge in [0.25, 0.3) is 0 Å². The van der Waals surface area contributed by atoms with Crippen molar-refractivity contribution in [3.8, 4) is 0 Å². The fourth-order valence-electron chi connectivity index (χ4n) is 2.06. The Kier molecular flexibility index (Phi) is 7.64. The van der Waals surface area contributed by atoms with Gasteiger partial charge in [-0.1, -0.05) is 48.7 Å². The summed E-state index contributed by atoms with van der Waals surface area (Å²) in [4.78, 5) is 0. The highest BCUT2D eigenvalue weighted by Gasteiger charge is 2.31. The summed E-state index contributed by atoms with van der Waals surface area (Å²) in [7, 11) is -1.00. The second-order valence-corrected chi connectivity index (χ2v) is 13.4. The lowest BCUT2D eigenvalue weighted by Crippen LogP contribution is -2.33. The zero-order chi connectivity index (χ0) is 13.6. The van der Waals surface area contributed by atoms with Crippen molar-refractivity contribution in [3.63, 3.8) is 0 Å². The van der Waals surface area contributed by atoms with E-state index in [4.69, 9.17) is 9.47 Å². The van der Waals surface area contributed by atoms with Crippen LogP contribution in [0.5, 0.6) is 0 Å². The molecule has 3 atom stereocenters. The van der Waals surface area contributed by atoms with Crippen molar-refractivity contribution in [1.82, 2.24) is 0 Å². The largest absolute Gasteiger partial charge is 0.356 e. The van der Waals surface area contributed by atoms with Crippen LogP contribution in [0.3, 0.4) is 0 Å². The lowest BCUT2D eigenvalue weighted by molar-refractivity contribution is -0.0646. The van der Waals surface area contributed by atoms with Crippen LogP contribution in [0.25, 0.3) is 0 Å². The fourth-order valence-corrected chi connectivity index (χ4v) is 3.74. The molecule has 2 nitrogen and oxygen atoms in total. The van der Waals surface area contributed by atoms with Gasteiger partial charge in [-0.05, 0) is 24.8 Å². The van der Waals surface area contributed by atoms with E-state index in [9.17, 15) is 4.39 Å². The minimum atomic E-state index is -1.00. The standard InChI is InChI=1S/C13H26FIO2Si/c1-18(2,3)8-7-16-10-17-9-11-5-4-6-12(14)13(11)15/h11-13H,4-10H2,1-3H3/t11-,12+,13+/m1/s1. The van der Waals surface area contributed by atoms with Gasteiger partial charge < -0.3 is 9.47 Å². The van der Waals surface area contributed by atoms with E-state index in [1.54, 1.807) is 0 Å². The van der Waals surface area contributed by atoms with E-state index in [2.05, 4.69) is 42.2 Å². The predicted octanol–water partition coefficient (Wildman–Crippen LogP) is 4.26. The molecule has 1 rings (SSSR count). The van der Waals surface area contributed by atoms with Gasteiger partial charge in [0.2, 0.25) is 0 Å². The molecule has 1 saturated carbocycles. The van der Waals surface area contributed by atoms with Gasteiger partial charge in [-0.15, -0.1) is 0 Å². The Morgan fingerprint density at radius 2 is 1.94 bits per heavy atom. The summed E-state index contributed by atoms with van der Waals surface area (Å²) in [5.74, 6) is 0.356. The first kappa shape index (κ1) is 16.9. The molecule has 0 aromatic rings. The van der Waals surface area contributed by atoms with Crippen molar-refractivity contribution in [2.24, 2.45) is 5.92 Å². The molecule has 0 heterocycles. The second kappa shape index (κ2) is 8.17. The molecule has 0 saturated heterocycles. The van der Waals surface area contributed by atoms with Gasteiger partial charge in [0.1, 0.15) is 13.0 Å².